The van der Waals surface area contributed by atoms with Crippen molar-refractivity contribution in [3.05, 3.63) is 28.3 Å². The van der Waals surface area contributed by atoms with Gasteiger partial charge in [-0.15, -0.1) is 12.4 Å². The summed E-state index contributed by atoms with van der Waals surface area (Å²) in [6.07, 6.45) is 1.85. The lowest BCUT2D eigenvalue weighted by Gasteiger charge is -2.31. The molecule has 0 aliphatic carbocycles. The lowest BCUT2D eigenvalue weighted by molar-refractivity contribution is -0.387. The predicted octanol–water partition coefficient (Wildman–Crippen LogP) is 1.54. The number of nitro benzene ring substituents is 1. The average Bonchev–Trinajstić information content (AvgIpc) is 2.61. The molecule has 0 aromatic heterocycles. The molecular formula is C15H24ClN3O6S. The van der Waals surface area contributed by atoms with Gasteiger partial charge in [-0.05, 0) is 37.9 Å². The van der Waals surface area contributed by atoms with Gasteiger partial charge < -0.3 is 15.2 Å². The molecule has 0 atom stereocenters. The minimum Gasteiger partial charge on any atom is -0.497 e. The molecule has 0 spiro atoms. The van der Waals surface area contributed by atoms with Crippen LogP contribution in [0.4, 0.5) is 5.69 Å². The van der Waals surface area contributed by atoms with Crippen molar-refractivity contribution in [2.45, 2.75) is 30.3 Å². The second kappa shape index (κ2) is 10.0. The molecule has 0 radical (unpaired) electrons. The molecule has 9 nitrogen and oxygen atoms in total. The molecule has 1 aromatic carbocycles. The number of nitro groups is 1. The third kappa shape index (κ3) is 5.27. The maximum absolute atomic E-state index is 12.8. The van der Waals surface area contributed by atoms with Crippen molar-refractivity contribution in [2.75, 3.05) is 33.4 Å². The van der Waals surface area contributed by atoms with E-state index in [1.54, 1.807) is 0 Å². The van der Waals surface area contributed by atoms with Crippen LogP contribution in [0.25, 0.3) is 0 Å². The number of benzene rings is 1. The second-order valence-corrected chi connectivity index (χ2v) is 7.61. The number of hydrogen-bond donors (Lipinski definition) is 1. The zero-order valence-corrected chi connectivity index (χ0v) is 16.1. The van der Waals surface area contributed by atoms with Crippen LogP contribution in [0.1, 0.15) is 19.3 Å². The molecule has 0 amide bonds. The van der Waals surface area contributed by atoms with Gasteiger partial charge in [-0.1, -0.05) is 0 Å². The van der Waals surface area contributed by atoms with E-state index in [2.05, 4.69) is 0 Å². The summed E-state index contributed by atoms with van der Waals surface area (Å²) in [6, 6.07) is 3.74. The Kier molecular flexibility index (Phi) is 8.71. The first kappa shape index (κ1) is 22.6. The van der Waals surface area contributed by atoms with Crippen molar-refractivity contribution in [3.63, 3.8) is 0 Å². The lowest BCUT2D eigenvalue weighted by atomic mass is 10.1. The van der Waals surface area contributed by atoms with Gasteiger partial charge in [0.25, 0.3) is 5.69 Å². The molecule has 1 aliphatic heterocycles. The number of hydrogen-bond acceptors (Lipinski definition) is 7. The number of nitrogens with two attached hydrogens (primary N) is 1. The van der Waals surface area contributed by atoms with Crippen molar-refractivity contribution >= 4 is 28.1 Å². The fourth-order valence-corrected chi connectivity index (χ4v) is 4.30. The van der Waals surface area contributed by atoms with Crippen molar-refractivity contribution in [3.8, 4) is 5.75 Å². The van der Waals surface area contributed by atoms with Crippen LogP contribution in [0.15, 0.2) is 23.1 Å². The van der Waals surface area contributed by atoms with Crippen LogP contribution in [-0.2, 0) is 14.8 Å². The largest absolute Gasteiger partial charge is 0.497 e. The highest BCUT2D eigenvalue weighted by atomic mass is 35.5. The molecule has 2 N–H and O–H groups in total. The van der Waals surface area contributed by atoms with E-state index in [0.29, 0.717) is 26.0 Å². The molecule has 0 unspecified atom stereocenters. The van der Waals surface area contributed by atoms with Crippen LogP contribution in [0.2, 0.25) is 0 Å². The molecule has 2 rings (SSSR count). The van der Waals surface area contributed by atoms with Gasteiger partial charge in [0, 0.05) is 19.7 Å². The van der Waals surface area contributed by atoms with Gasteiger partial charge in [0.2, 0.25) is 10.0 Å². The second-order valence-electron chi connectivity index (χ2n) is 5.71. The van der Waals surface area contributed by atoms with E-state index in [4.69, 9.17) is 15.2 Å². The Morgan fingerprint density at radius 2 is 2.00 bits per heavy atom. The number of methoxy groups -OCH3 is 1. The highest BCUT2D eigenvalue weighted by Crippen LogP contribution is 2.31. The summed E-state index contributed by atoms with van der Waals surface area (Å²) in [5.74, 6) is 0.234. The van der Waals surface area contributed by atoms with Crippen LogP contribution in [0, 0.1) is 10.1 Å². The topological polar surface area (TPSA) is 125 Å². The van der Waals surface area contributed by atoms with Gasteiger partial charge >= 0.3 is 0 Å². The Hall–Kier alpha value is -1.46. The minimum absolute atomic E-state index is 0. The van der Waals surface area contributed by atoms with Gasteiger partial charge in [-0.2, -0.15) is 4.31 Å². The Morgan fingerprint density at radius 1 is 1.35 bits per heavy atom. The highest BCUT2D eigenvalue weighted by Gasteiger charge is 2.34. The number of ether oxygens (including phenoxy) is 2. The van der Waals surface area contributed by atoms with Gasteiger partial charge in [0.05, 0.1) is 24.2 Å². The zero-order chi connectivity index (χ0) is 18.4. The number of nitrogens with zero attached hydrogens (tertiary/aromatic N) is 2. The van der Waals surface area contributed by atoms with Gasteiger partial charge in [0.15, 0.2) is 4.90 Å². The smallest absolute Gasteiger partial charge is 0.293 e. The van der Waals surface area contributed by atoms with E-state index in [-0.39, 0.29) is 42.2 Å². The Morgan fingerprint density at radius 3 is 2.54 bits per heavy atom. The van der Waals surface area contributed by atoms with Crippen LogP contribution in [0.5, 0.6) is 5.75 Å². The molecule has 148 valence electrons. The SMILES string of the molecule is COc1ccc(S(=O)(=O)N2CCC(OCCCN)CC2)c([N+](=O)[O-])c1.Cl. The van der Waals surface area contributed by atoms with E-state index in [1.807, 2.05) is 0 Å². The summed E-state index contributed by atoms with van der Waals surface area (Å²) in [6.45, 7) is 1.63. The molecule has 1 saturated heterocycles. The molecule has 1 aromatic rings. The molecular weight excluding hydrogens is 386 g/mol. The van der Waals surface area contributed by atoms with Crippen molar-refractivity contribution in [2.24, 2.45) is 5.73 Å². The van der Waals surface area contributed by atoms with E-state index >= 15 is 0 Å². The molecule has 26 heavy (non-hydrogen) atoms. The first-order valence-electron chi connectivity index (χ1n) is 8.04. The third-order valence-electron chi connectivity index (χ3n) is 4.08. The lowest BCUT2D eigenvalue weighted by Crippen LogP contribution is -2.41. The maximum atomic E-state index is 12.8. The highest BCUT2D eigenvalue weighted by molar-refractivity contribution is 7.89. The summed E-state index contributed by atoms with van der Waals surface area (Å²) >= 11 is 0. The van der Waals surface area contributed by atoms with Crippen LogP contribution in [-0.4, -0.2) is 57.1 Å². The maximum Gasteiger partial charge on any atom is 0.293 e. The number of rotatable bonds is 8. The summed E-state index contributed by atoms with van der Waals surface area (Å²) < 4.78 is 37.5. The monoisotopic (exact) mass is 409 g/mol. The normalized spacial score (nSPS) is 16.1. The van der Waals surface area contributed by atoms with Crippen LogP contribution in [0.3, 0.4) is 0 Å². The fraction of sp³-hybridized carbons (Fsp3) is 0.600. The summed E-state index contributed by atoms with van der Waals surface area (Å²) in [5.41, 5.74) is 4.93. The molecule has 0 saturated carbocycles. The van der Waals surface area contributed by atoms with Crippen molar-refractivity contribution in [1.82, 2.24) is 4.31 Å². The Labute approximate surface area is 159 Å². The number of halogens is 1. The van der Waals surface area contributed by atoms with E-state index in [9.17, 15) is 18.5 Å². The first-order valence-corrected chi connectivity index (χ1v) is 9.48. The van der Waals surface area contributed by atoms with E-state index < -0.39 is 20.6 Å². The van der Waals surface area contributed by atoms with E-state index in [1.165, 1.54) is 23.5 Å². The summed E-state index contributed by atoms with van der Waals surface area (Å²) in [5, 5.41) is 11.3. The average molecular weight is 410 g/mol. The molecule has 1 aliphatic rings. The number of piperidine rings is 1. The molecule has 11 heteroatoms. The molecule has 0 bridgehead atoms. The summed E-state index contributed by atoms with van der Waals surface area (Å²) in [7, 11) is -2.59. The van der Waals surface area contributed by atoms with E-state index in [0.717, 1.165) is 12.5 Å². The van der Waals surface area contributed by atoms with Crippen molar-refractivity contribution in [1.29, 1.82) is 0 Å². The van der Waals surface area contributed by atoms with Crippen molar-refractivity contribution < 1.29 is 22.8 Å². The Bertz CT molecular complexity index is 707. The van der Waals surface area contributed by atoms with Gasteiger partial charge in [0.1, 0.15) is 5.75 Å². The fourth-order valence-electron chi connectivity index (χ4n) is 2.70. The molecule has 1 heterocycles. The first-order chi connectivity index (χ1) is 11.9. The van der Waals surface area contributed by atoms with Crippen LogP contribution >= 0.6 is 12.4 Å². The summed E-state index contributed by atoms with van der Waals surface area (Å²) in [4.78, 5) is 10.2. The minimum atomic E-state index is -3.95. The Balaban J connectivity index is 0.00000338. The molecule has 1 fully saturated rings. The van der Waals surface area contributed by atoms with Gasteiger partial charge in [-0.3, -0.25) is 10.1 Å². The standard InChI is InChI=1S/C15H23N3O6S.ClH/c1-23-13-3-4-15(14(11-13)18(19)20)25(21,22)17-8-5-12(6-9-17)24-10-2-7-16;/h3-4,11-12H,2,5-10,16H2,1H3;1H. The third-order valence-corrected chi connectivity index (χ3v) is 6.03. The predicted molar refractivity (Wildman–Crippen MR) is 98.3 cm³/mol. The number of sulfonamides is 1. The van der Waals surface area contributed by atoms with Gasteiger partial charge in [-0.25, -0.2) is 8.42 Å². The zero-order valence-electron chi connectivity index (χ0n) is 14.5. The van der Waals surface area contributed by atoms with Crippen LogP contribution < -0.4 is 10.5 Å². The quantitative estimate of drug-likeness (QED) is 0.392.